The van der Waals surface area contributed by atoms with Crippen molar-refractivity contribution < 1.29 is 9.84 Å². The van der Waals surface area contributed by atoms with Crippen molar-refractivity contribution in [3.8, 4) is 5.75 Å². The largest absolute Gasteiger partial charge is 0.496 e. The number of hydrogen-bond donors (Lipinski definition) is 1. The summed E-state index contributed by atoms with van der Waals surface area (Å²) in [5.74, 6) is 0.779. The van der Waals surface area contributed by atoms with Gasteiger partial charge in [0, 0.05) is 24.3 Å². The summed E-state index contributed by atoms with van der Waals surface area (Å²) in [4.78, 5) is 2.40. The lowest BCUT2D eigenvalue weighted by molar-refractivity contribution is 0.194. The number of nitrogens with zero attached hydrogens (tertiary/aromatic N) is 1. The molecule has 0 aliphatic carbocycles. The maximum Gasteiger partial charge on any atom is 0.126 e. The summed E-state index contributed by atoms with van der Waals surface area (Å²) in [5, 5.41) is 10.1. The summed E-state index contributed by atoms with van der Waals surface area (Å²) in [6.45, 7) is 8.59. The average molecular weight is 277 g/mol. The molecule has 0 amide bonds. The first kappa shape index (κ1) is 15.2. The highest BCUT2D eigenvalue weighted by atomic mass is 16.5. The molecule has 20 heavy (non-hydrogen) atoms. The number of hydrogen-bond acceptors (Lipinski definition) is 3. The number of anilines is 1. The van der Waals surface area contributed by atoms with E-state index in [1.807, 2.05) is 19.1 Å². The Morgan fingerprint density at radius 1 is 1.25 bits per heavy atom. The first-order valence-corrected chi connectivity index (χ1v) is 7.54. The molecule has 0 radical (unpaired) electrons. The normalized spacial score (nSPS) is 20.4. The molecule has 0 bridgehead atoms. The molecular weight excluding hydrogens is 250 g/mol. The first-order chi connectivity index (χ1) is 9.44. The minimum Gasteiger partial charge on any atom is -0.496 e. The summed E-state index contributed by atoms with van der Waals surface area (Å²) in [6.07, 6.45) is 3.13. The van der Waals surface area contributed by atoms with Gasteiger partial charge in [-0.05, 0) is 43.7 Å². The van der Waals surface area contributed by atoms with Gasteiger partial charge in [0.25, 0.3) is 0 Å². The maximum absolute atomic E-state index is 10.1. The van der Waals surface area contributed by atoms with E-state index < -0.39 is 6.10 Å². The van der Waals surface area contributed by atoms with Crippen LogP contribution in [0.25, 0.3) is 0 Å². The van der Waals surface area contributed by atoms with E-state index in [-0.39, 0.29) is 0 Å². The van der Waals surface area contributed by atoms with Crippen LogP contribution in [0.4, 0.5) is 5.69 Å². The van der Waals surface area contributed by atoms with E-state index in [1.54, 1.807) is 7.11 Å². The number of ether oxygens (including phenoxy) is 1. The third kappa shape index (κ3) is 3.26. The van der Waals surface area contributed by atoms with Crippen LogP contribution in [0.5, 0.6) is 5.75 Å². The Bertz CT molecular complexity index is 454. The third-order valence-electron chi connectivity index (χ3n) is 4.36. The quantitative estimate of drug-likeness (QED) is 0.913. The van der Waals surface area contributed by atoms with Gasteiger partial charge in [-0.15, -0.1) is 0 Å². The van der Waals surface area contributed by atoms with Gasteiger partial charge in [0.1, 0.15) is 5.75 Å². The van der Waals surface area contributed by atoms with Gasteiger partial charge in [-0.25, -0.2) is 0 Å². The van der Waals surface area contributed by atoms with Crippen LogP contribution in [0.3, 0.4) is 0 Å². The van der Waals surface area contributed by atoms with Crippen LogP contribution < -0.4 is 9.64 Å². The summed E-state index contributed by atoms with van der Waals surface area (Å²) < 4.78 is 5.42. The second kappa shape index (κ2) is 6.04. The van der Waals surface area contributed by atoms with E-state index in [0.717, 1.165) is 30.1 Å². The van der Waals surface area contributed by atoms with Gasteiger partial charge in [-0.1, -0.05) is 19.9 Å². The van der Waals surface area contributed by atoms with Crippen LogP contribution in [0.1, 0.15) is 51.7 Å². The molecule has 0 spiro atoms. The number of benzene rings is 1. The standard InChI is InChI=1S/C17H27NO2/c1-13(19)16-14(7-5-8-15(16)20-4)18-11-6-9-17(2,3)10-12-18/h5,7-8,13,19H,6,9-12H2,1-4H3. The Labute approximate surface area is 122 Å². The minimum atomic E-state index is -0.516. The molecule has 3 heteroatoms. The first-order valence-electron chi connectivity index (χ1n) is 7.54. The van der Waals surface area contributed by atoms with Gasteiger partial charge in [0.15, 0.2) is 0 Å². The van der Waals surface area contributed by atoms with Crippen molar-refractivity contribution >= 4 is 5.69 Å². The second-order valence-electron chi connectivity index (χ2n) is 6.57. The van der Waals surface area contributed by atoms with Crippen LogP contribution in [-0.2, 0) is 0 Å². The molecule has 3 nitrogen and oxygen atoms in total. The Morgan fingerprint density at radius 3 is 2.65 bits per heavy atom. The van der Waals surface area contributed by atoms with Crippen LogP contribution >= 0.6 is 0 Å². The SMILES string of the molecule is COc1cccc(N2CCCC(C)(C)CC2)c1C(C)O. The van der Waals surface area contributed by atoms with Gasteiger partial charge in [-0.3, -0.25) is 0 Å². The van der Waals surface area contributed by atoms with Crippen molar-refractivity contribution in [2.24, 2.45) is 5.41 Å². The molecule has 1 N–H and O–H groups in total. The fourth-order valence-electron chi connectivity index (χ4n) is 3.07. The molecule has 1 aliphatic rings. The van der Waals surface area contributed by atoms with E-state index in [9.17, 15) is 5.11 Å². The molecule has 1 saturated heterocycles. The third-order valence-corrected chi connectivity index (χ3v) is 4.36. The number of methoxy groups -OCH3 is 1. The van der Waals surface area contributed by atoms with Crippen LogP contribution in [0.15, 0.2) is 18.2 Å². The summed E-state index contributed by atoms with van der Waals surface area (Å²) in [6, 6.07) is 6.03. The highest BCUT2D eigenvalue weighted by molar-refractivity contribution is 5.60. The monoisotopic (exact) mass is 277 g/mol. The highest BCUT2D eigenvalue weighted by Crippen LogP contribution is 2.37. The lowest BCUT2D eigenvalue weighted by Crippen LogP contribution is -2.26. The minimum absolute atomic E-state index is 0.415. The van der Waals surface area contributed by atoms with Crippen molar-refractivity contribution in [1.82, 2.24) is 0 Å². The summed E-state index contributed by atoms with van der Waals surface area (Å²) in [7, 11) is 1.66. The van der Waals surface area contributed by atoms with Gasteiger partial charge in [0.05, 0.1) is 13.2 Å². The molecule has 1 aliphatic heterocycles. The Kier molecular flexibility index (Phi) is 4.59. The van der Waals surface area contributed by atoms with E-state index in [0.29, 0.717) is 5.41 Å². The van der Waals surface area contributed by atoms with Crippen molar-refractivity contribution in [3.05, 3.63) is 23.8 Å². The van der Waals surface area contributed by atoms with Crippen molar-refractivity contribution in [2.45, 2.75) is 46.1 Å². The molecule has 2 rings (SSSR count). The lowest BCUT2D eigenvalue weighted by atomic mass is 9.85. The lowest BCUT2D eigenvalue weighted by Gasteiger charge is -2.28. The molecule has 1 atom stereocenters. The van der Waals surface area contributed by atoms with Crippen molar-refractivity contribution in [2.75, 3.05) is 25.1 Å². The topological polar surface area (TPSA) is 32.7 Å². The zero-order chi connectivity index (χ0) is 14.8. The Balaban J connectivity index is 2.32. The van der Waals surface area contributed by atoms with E-state index >= 15 is 0 Å². The van der Waals surface area contributed by atoms with Crippen LogP contribution in [-0.4, -0.2) is 25.3 Å². The van der Waals surface area contributed by atoms with Crippen molar-refractivity contribution in [1.29, 1.82) is 0 Å². The Morgan fingerprint density at radius 2 is 2.00 bits per heavy atom. The molecule has 1 aromatic rings. The van der Waals surface area contributed by atoms with Crippen LogP contribution in [0.2, 0.25) is 0 Å². The molecule has 1 heterocycles. The number of rotatable bonds is 3. The second-order valence-corrected chi connectivity index (χ2v) is 6.57. The molecule has 0 aromatic heterocycles. The van der Waals surface area contributed by atoms with Crippen molar-refractivity contribution in [3.63, 3.8) is 0 Å². The van der Waals surface area contributed by atoms with Gasteiger partial charge >= 0.3 is 0 Å². The van der Waals surface area contributed by atoms with E-state index in [1.165, 1.54) is 19.3 Å². The molecule has 112 valence electrons. The molecular formula is C17H27NO2. The maximum atomic E-state index is 10.1. The summed E-state index contributed by atoms with van der Waals surface area (Å²) >= 11 is 0. The number of aliphatic hydroxyl groups is 1. The predicted octanol–water partition coefficient (Wildman–Crippen LogP) is 3.77. The van der Waals surface area contributed by atoms with E-state index in [4.69, 9.17) is 4.74 Å². The smallest absolute Gasteiger partial charge is 0.126 e. The molecule has 1 fully saturated rings. The fraction of sp³-hybridized carbons (Fsp3) is 0.647. The van der Waals surface area contributed by atoms with Gasteiger partial charge in [0.2, 0.25) is 0 Å². The average Bonchev–Trinajstić information content (AvgIpc) is 2.58. The Hall–Kier alpha value is -1.22. The van der Waals surface area contributed by atoms with Gasteiger partial charge in [-0.2, -0.15) is 0 Å². The molecule has 1 aromatic carbocycles. The zero-order valence-corrected chi connectivity index (χ0v) is 13.1. The molecule has 0 saturated carbocycles. The number of aliphatic hydroxyl groups excluding tert-OH is 1. The van der Waals surface area contributed by atoms with Crippen LogP contribution in [0, 0.1) is 5.41 Å². The zero-order valence-electron chi connectivity index (χ0n) is 13.1. The van der Waals surface area contributed by atoms with Gasteiger partial charge < -0.3 is 14.7 Å². The van der Waals surface area contributed by atoms with E-state index in [2.05, 4.69) is 24.8 Å². The summed E-state index contributed by atoms with van der Waals surface area (Å²) in [5.41, 5.74) is 2.45. The fourth-order valence-corrected chi connectivity index (χ4v) is 3.07. The highest BCUT2D eigenvalue weighted by Gasteiger charge is 2.25. The predicted molar refractivity (Wildman–Crippen MR) is 83.5 cm³/mol. The molecule has 1 unspecified atom stereocenters.